The van der Waals surface area contributed by atoms with E-state index in [9.17, 15) is 4.79 Å². The number of anilines is 3. The number of hydrogen-bond acceptors (Lipinski definition) is 8. The molecule has 0 spiro atoms. The van der Waals surface area contributed by atoms with E-state index < -0.39 is 0 Å². The van der Waals surface area contributed by atoms with Crippen molar-refractivity contribution >= 4 is 44.5 Å². The van der Waals surface area contributed by atoms with E-state index in [1.807, 2.05) is 24.4 Å². The van der Waals surface area contributed by atoms with Crippen LogP contribution in [0.15, 0.2) is 29.0 Å². The van der Waals surface area contributed by atoms with Gasteiger partial charge in [0.2, 0.25) is 0 Å². The second-order valence-corrected chi connectivity index (χ2v) is 6.69. The third-order valence-electron chi connectivity index (χ3n) is 3.23. The summed E-state index contributed by atoms with van der Waals surface area (Å²) in [6, 6.07) is 5.42. The number of methoxy groups -OCH3 is 2. The molecule has 0 fully saturated rings. The molecule has 0 aliphatic rings. The van der Waals surface area contributed by atoms with Gasteiger partial charge in [-0.1, -0.05) is 0 Å². The summed E-state index contributed by atoms with van der Waals surface area (Å²) in [6.07, 6.45) is 0. The molecule has 130 valence electrons. The molecule has 3 aromatic rings. The van der Waals surface area contributed by atoms with Crippen LogP contribution in [0.25, 0.3) is 0 Å². The van der Waals surface area contributed by atoms with Crippen LogP contribution in [0.3, 0.4) is 0 Å². The highest BCUT2D eigenvalue weighted by molar-refractivity contribution is 7.14. The van der Waals surface area contributed by atoms with Crippen molar-refractivity contribution in [2.45, 2.75) is 6.92 Å². The van der Waals surface area contributed by atoms with Crippen LogP contribution in [-0.2, 0) is 0 Å². The number of carbonyl (C=O) groups is 1. The van der Waals surface area contributed by atoms with Crippen molar-refractivity contribution in [3.8, 4) is 11.5 Å². The summed E-state index contributed by atoms with van der Waals surface area (Å²) in [7, 11) is 3.17. The Balaban J connectivity index is 1.72. The van der Waals surface area contributed by atoms with Gasteiger partial charge in [-0.25, -0.2) is 9.97 Å². The van der Waals surface area contributed by atoms with Crippen LogP contribution in [0.5, 0.6) is 11.5 Å². The number of hydrogen-bond donors (Lipinski definition) is 2. The topological polar surface area (TPSA) is 85.4 Å². The lowest BCUT2D eigenvalue weighted by Gasteiger charge is -2.10. The Morgan fingerprint density at radius 3 is 2.56 bits per heavy atom. The van der Waals surface area contributed by atoms with Gasteiger partial charge in [0.1, 0.15) is 17.2 Å². The number of ether oxygens (including phenoxy) is 2. The molecule has 3 rings (SSSR count). The first-order chi connectivity index (χ1) is 12.1. The van der Waals surface area contributed by atoms with E-state index in [4.69, 9.17) is 9.47 Å². The number of rotatable bonds is 6. The number of carbonyl (C=O) groups excluding carboxylic acids is 1. The van der Waals surface area contributed by atoms with E-state index in [1.54, 1.807) is 25.7 Å². The summed E-state index contributed by atoms with van der Waals surface area (Å²) < 4.78 is 10.5. The van der Waals surface area contributed by atoms with Crippen molar-refractivity contribution in [3.63, 3.8) is 0 Å². The zero-order valence-corrected chi connectivity index (χ0v) is 15.5. The molecule has 0 unspecified atom stereocenters. The molecule has 0 saturated heterocycles. The van der Waals surface area contributed by atoms with Crippen LogP contribution in [0.1, 0.15) is 16.2 Å². The molecule has 0 aliphatic heterocycles. The molecular formula is C16H16N4O3S2. The number of thiazole rings is 2. The summed E-state index contributed by atoms with van der Waals surface area (Å²) in [4.78, 5) is 20.7. The van der Waals surface area contributed by atoms with Gasteiger partial charge < -0.3 is 14.8 Å². The molecule has 1 amide bonds. The smallest absolute Gasteiger partial charge is 0.276 e. The standard InChI is InChI=1S/C16H16N4O3S2/c1-9-7-24-15(17-9)20-14(21)12-8-25-16(19-12)18-11-5-4-10(22-2)6-13(11)23-3/h4-8H,1-3H3,(H,18,19)(H,17,20,21). The second kappa shape index (κ2) is 7.49. The average Bonchev–Trinajstić information content (AvgIpc) is 3.24. The monoisotopic (exact) mass is 376 g/mol. The van der Waals surface area contributed by atoms with Gasteiger partial charge in [0.25, 0.3) is 5.91 Å². The van der Waals surface area contributed by atoms with Crippen LogP contribution in [0.4, 0.5) is 16.0 Å². The predicted octanol–water partition coefficient (Wildman–Crippen LogP) is 3.92. The Labute approximate surface area is 152 Å². The van der Waals surface area contributed by atoms with Gasteiger partial charge in [-0.05, 0) is 19.1 Å². The molecular weight excluding hydrogens is 360 g/mol. The summed E-state index contributed by atoms with van der Waals surface area (Å²) >= 11 is 2.71. The predicted molar refractivity (Wildman–Crippen MR) is 99.7 cm³/mol. The second-order valence-electron chi connectivity index (χ2n) is 4.98. The first-order valence-electron chi connectivity index (χ1n) is 7.27. The third-order valence-corrected chi connectivity index (χ3v) is 4.86. The summed E-state index contributed by atoms with van der Waals surface area (Å²) in [5.41, 5.74) is 1.93. The maximum atomic E-state index is 12.2. The Hall–Kier alpha value is -2.65. The van der Waals surface area contributed by atoms with E-state index in [-0.39, 0.29) is 5.91 Å². The molecule has 9 heteroatoms. The van der Waals surface area contributed by atoms with Gasteiger partial charge >= 0.3 is 0 Å². The number of benzene rings is 1. The zero-order valence-electron chi connectivity index (χ0n) is 13.8. The number of nitrogens with one attached hydrogen (secondary N) is 2. The van der Waals surface area contributed by atoms with Gasteiger partial charge in [0.05, 0.1) is 25.6 Å². The highest BCUT2D eigenvalue weighted by Gasteiger charge is 2.14. The van der Waals surface area contributed by atoms with Crippen LogP contribution in [-0.4, -0.2) is 30.1 Å². The minimum absolute atomic E-state index is 0.291. The van der Waals surface area contributed by atoms with Gasteiger partial charge in [0, 0.05) is 16.8 Å². The summed E-state index contributed by atoms with van der Waals surface area (Å²) in [5, 5.41) is 10.6. The van der Waals surface area contributed by atoms with Crippen molar-refractivity contribution in [1.29, 1.82) is 0 Å². The highest BCUT2D eigenvalue weighted by Crippen LogP contribution is 2.32. The lowest BCUT2D eigenvalue weighted by atomic mass is 10.3. The average molecular weight is 376 g/mol. The van der Waals surface area contributed by atoms with E-state index in [1.165, 1.54) is 22.7 Å². The Bertz CT molecular complexity index is 891. The quantitative estimate of drug-likeness (QED) is 0.678. The normalized spacial score (nSPS) is 10.4. The molecule has 2 N–H and O–H groups in total. The van der Waals surface area contributed by atoms with Gasteiger partial charge in [-0.2, -0.15) is 0 Å². The molecule has 1 aromatic carbocycles. The first kappa shape index (κ1) is 17.2. The van der Waals surface area contributed by atoms with Crippen molar-refractivity contribution < 1.29 is 14.3 Å². The Morgan fingerprint density at radius 2 is 1.88 bits per heavy atom. The maximum absolute atomic E-state index is 12.2. The molecule has 0 bridgehead atoms. The SMILES string of the molecule is COc1ccc(Nc2nc(C(=O)Nc3nc(C)cs3)cs2)c(OC)c1. The highest BCUT2D eigenvalue weighted by atomic mass is 32.1. The van der Waals surface area contributed by atoms with E-state index >= 15 is 0 Å². The molecule has 25 heavy (non-hydrogen) atoms. The van der Waals surface area contributed by atoms with Crippen LogP contribution in [0.2, 0.25) is 0 Å². The first-order valence-corrected chi connectivity index (χ1v) is 9.03. The fourth-order valence-corrected chi connectivity index (χ4v) is 3.41. The molecule has 0 radical (unpaired) electrons. The number of nitrogens with zero attached hydrogens (tertiary/aromatic N) is 2. The van der Waals surface area contributed by atoms with Gasteiger partial charge in [0.15, 0.2) is 10.3 Å². The van der Waals surface area contributed by atoms with Crippen molar-refractivity contribution in [2.75, 3.05) is 24.9 Å². The van der Waals surface area contributed by atoms with Crippen molar-refractivity contribution in [3.05, 3.63) is 40.3 Å². The summed E-state index contributed by atoms with van der Waals surface area (Å²) in [5.74, 6) is 1.03. The van der Waals surface area contributed by atoms with Crippen molar-refractivity contribution in [2.24, 2.45) is 0 Å². The fourth-order valence-electron chi connectivity index (χ4n) is 2.02. The largest absolute Gasteiger partial charge is 0.497 e. The number of aryl methyl sites for hydroxylation is 1. The molecule has 0 atom stereocenters. The van der Waals surface area contributed by atoms with E-state index in [0.717, 1.165) is 11.4 Å². The Morgan fingerprint density at radius 1 is 1.08 bits per heavy atom. The lowest BCUT2D eigenvalue weighted by molar-refractivity contribution is 0.102. The van der Waals surface area contributed by atoms with E-state index in [2.05, 4.69) is 20.6 Å². The summed E-state index contributed by atoms with van der Waals surface area (Å²) in [6.45, 7) is 1.87. The lowest BCUT2D eigenvalue weighted by Crippen LogP contribution is -2.12. The minimum atomic E-state index is -0.291. The van der Waals surface area contributed by atoms with E-state index in [0.29, 0.717) is 27.5 Å². The van der Waals surface area contributed by atoms with Crippen LogP contribution < -0.4 is 20.1 Å². The third kappa shape index (κ3) is 4.06. The Kier molecular flexibility index (Phi) is 5.15. The number of amides is 1. The molecule has 0 saturated carbocycles. The number of aromatic nitrogens is 2. The molecule has 2 aromatic heterocycles. The molecule has 2 heterocycles. The van der Waals surface area contributed by atoms with Gasteiger partial charge in [-0.3, -0.25) is 10.1 Å². The zero-order chi connectivity index (χ0) is 17.8. The van der Waals surface area contributed by atoms with Crippen LogP contribution in [0, 0.1) is 6.92 Å². The van der Waals surface area contributed by atoms with Crippen molar-refractivity contribution in [1.82, 2.24) is 9.97 Å². The van der Waals surface area contributed by atoms with Gasteiger partial charge in [-0.15, -0.1) is 22.7 Å². The van der Waals surface area contributed by atoms with Crippen LogP contribution >= 0.6 is 22.7 Å². The molecule has 0 aliphatic carbocycles. The fraction of sp³-hybridized carbons (Fsp3) is 0.188. The maximum Gasteiger partial charge on any atom is 0.276 e. The molecule has 7 nitrogen and oxygen atoms in total. The minimum Gasteiger partial charge on any atom is -0.497 e.